The first kappa shape index (κ1) is 10.4. The minimum absolute atomic E-state index is 0.175. The molecule has 11 heavy (non-hydrogen) atoms. The Balaban J connectivity index is 4.04. The van der Waals surface area contributed by atoms with Gasteiger partial charge in [0.15, 0.2) is 5.78 Å². The zero-order valence-electron chi connectivity index (χ0n) is 8.19. The van der Waals surface area contributed by atoms with Crippen LogP contribution in [0, 0.1) is 5.41 Å². The van der Waals surface area contributed by atoms with Gasteiger partial charge in [-0.05, 0) is 31.3 Å². The Morgan fingerprint density at radius 3 is 2.00 bits per heavy atom. The third kappa shape index (κ3) is 5.84. The van der Waals surface area contributed by atoms with Crippen molar-refractivity contribution < 1.29 is 4.79 Å². The fourth-order valence-corrected chi connectivity index (χ4v) is 0.603. The molecule has 0 aliphatic heterocycles. The van der Waals surface area contributed by atoms with Gasteiger partial charge in [0.05, 0.1) is 0 Å². The number of ketones is 1. The van der Waals surface area contributed by atoms with Crippen LogP contribution in [0.15, 0.2) is 11.6 Å². The highest BCUT2D eigenvalue weighted by Crippen LogP contribution is 2.19. The van der Waals surface area contributed by atoms with Gasteiger partial charge in [-0.3, -0.25) is 4.79 Å². The van der Waals surface area contributed by atoms with Crippen molar-refractivity contribution in [2.75, 3.05) is 0 Å². The van der Waals surface area contributed by atoms with E-state index in [2.05, 4.69) is 20.8 Å². The second-order valence-corrected chi connectivity index (χ2v) is 4.21. The molecule has 1 heteroatoms. The molecular formula is C10H18O. The minimum Gasteiger partial charge on any atom is -0.295 e. The van der Waals surface area contributed by atoms with Crippen LogP contribution in [0.2, 0.25) is 0 Å². The lowest BCUT2D eigenvalue weighted by atomic mass is 9.91. The molecule has 0 saturated carbocycles. The Labute approximate surface area is 69.5 Å². The molecular weight excluding hydrogens is 136 g/mol. The number of carbonyl (C=O) groups is 1. The SMILES string of the molecule is CC(=O)/C(C)=C/CC(C)(C)C. The van der Waals surface area contributed by atoms with Crippen LogP contribution in [0.25, 0.3) is 0 Å². The topological polar surface area (TPSA) is 17.1 Å². The number of hydrogen-bond donors (Lipinski definition) is 0. The maximum Gasteiger partial charge on any atom is 0.155 e. The molecule has 0 aromatic rings. The van der Waals surface area contributed by atoms with Gasteiger partial charge in [0, 0.05) is 0 Å². The van der Waals surface area contributed by atoms with Crippen LogP contribution in [-0.4, -0.2) is 5.78 Å². The summed E-state index contributed by atoms with van der Waals surface area (Å²) in [4.78, 5) is 10.8. The third-order valence-corrected chi connectivity index (χ3v) is 1.58. The minimum atomic E-state index is 0.175. The molecule has 0 radical (unpaired) electrons. The predicted molar refractivity (Wildman–Crippen MR) is 48.5 cm³/mol. The zero-order valence-corrected chi connectivity index (χ0v) is 8.19. The number of carbonyl (C=O) groups excluding carboxylic acids is 1. The van der Waals surface area contributed by atoms with E-state index in [1.165, 1.54) is 0 Å². The van der Waals surface area contributed by atoms with E-state index in [4.69, 9.17) is 0 Å². The first-order valence-electron chi connectivity index (χ1n) is 4.00. The Bertz CT molecular complexity index is 170. The third-order valence-electron chi connectivity index (χ3n) is 1.58. The van der Waals surface area contributed by atoms with E-state index in [-0.39, 0.29) is 11.2 Å². The van der Waals surface area contributed by atoms with E-state index in [0.717, 1.165) is 12.0 Å². The molecule has 0 fully saturated rings. The lowest BCUT2D eigenvalue weighted by molar-refractivity contribution is -0.113. The lowest BCUT2D eigenvalue weighted by Crippen LogP contribution is -2.03. The van der Waals surface area contributed by atoms with Crippen molar-refractivity contribution in [3.63, 3.8) is 0 Å². The van der Waals surface area contributed by atoms with Crippen molar-refractivity contribution in [3.8, 4) is 0 Å². The predicted octanol–water partition coefficient (Wildman–Crippen LogP) is 2.96. The fraction of sp³-hybridized carbons (Fsp3) is 0.700. The van der Waals surface area contributed by atoms with Crippen LogP contribution in [0.3, 0.4) is 0 Å². The summed E-state index contributed by atoms with van der Waals surface area (Å²) in [7, 11) is 0. The van der Waals surface area contributed by atoms with E-state index in [1.807, 2.05) is 13.0 Å². The summed E-state index contributed by atoms with van der Waals surface area (Å²) in [6.07, 6.45) is 2.99. The smallest absolute Gasteiger partial charge is 0.155 e. The summed E-state index contributed by atoms with van der Waals surface area (Å²) in [5, 5.41) is 0. The molecule has 0 aromatic carbocycles. The van der Waals surface area contributed by atoms with Crippen LogP contribution in [0.5, 0.6) is 0 Å². The fourth-order valence-electron chi connectivity index (χ4n) is 0.603. The van der Waals surface area contributed by atoms with Gasteiger partial charge in [0.2, 0.25) is 0 Å². The van der Waals surface area contributed by atoms with E-state index in [1.54, 1.807) is 6.92 Å². The van der Waals surface area contributed by atoms with Gasteiger partial charge in [-0.2, -0.15) is 0 Å². The molecule has 0 unspecified atom stereocenters. The molecule has 0 bridgehead atoms. The molecule has 0 amide bonds. The van der Waals surface area contributed by atoms with Crippen LogP contribution >= 0.6 is 0 Å². The van der Waals surface area contributed by atoms with Crippen LogP contribution in [0.4, 0.5) is 0 Å². The average molecular weight is 154 g/mol. The monoisotopic (exact) mass is 154 g/mol. The van der Waals surface area contributed by atoms with Crippen molar-refractivity contribution in [2.24, 2.45) is 5.41 Å². The van der Waals surface area contributed by atoms with Gasteiger partial charge in [-0.15, -0.1) is 0 Å². The second kappa shape index (κ2) is 3.70. The standard InChI is InChI=1S/C10H18O/c1-8(9(2)11)6-7-10(3,4)5/h6H,7H2,1-5H3/b8-6+. The Kier molecular flexibility index (Phi) is 3.50. The van der Waals surface area contributed by atoms with Gasteiger partial charge < -0.3 is 0 Å². The Morgan fingerprint density at radius 2 is 1.73 bits per heavy atom. The number of rotatable bonds is 2. The zero-order chi connectivity index (χ0) is 9.07. The van der Waals surface area contributed by atoms with E-state index in [9.17, 15) is 4.79 Å². The van der Waals surface area contributed by atoms with Crippen LogP contribution in [-0.2, 0) is 4.79 Å². The largest absolute Gasteiger partial charge is 0.295 e. The van der Waals surface area contributed by atoms with E-state index in [0.29, 0.717) is 0 Å². The second-order valence-electron chi connectivity index (χ2n) is 4.21. The maximum atomic E-state index is 10.8. The average Bonchev–Trinajstić information content (AvgIpc) is 1.80. The quantitative estimate of drug-likeness (QED) is 0.559. The van der Waals surface area contributed by atoms with Gasteiger partial charge in [0.1, 0.15) is 0 Å². The number of hydrogen-bond acceptors (Lipinski definition) is 1. The van der Waals surface area contributed by atoms with E-state index < -0.39 is 0 Å². The van der Waals surface area contributed by atoms with Crippen molar-refractivity contribution >= 4 is 5.78 Å². The molecule has 0 saturated heterocycles. The number of allylic oxidation sites excluding steroid dienone is 2. The summed E-state index contributed by atoms with van der Waals surface area (Å²) < 4.78 is 0. The normalized spacial score (nSPS) is 13.4. The first-order valence-corrected chi connectivity index (χ1v) is 4.00. The van der Waals surface area contributed by atoms with Gasteiger partial charge in [-0.25, -0.2) is 0 Å². The molecule has 64 valence electrons. The first-order chi connectivity index (χ1) is 4.83. The highest BCUT2D eigenvalue weighted by Gasteiger charge is 2.07. The summed E-state index contributed by atoms with van der Waals surface area (Å²) in [5.74, 6) is 0.175. The van der Waals surface area contributed by atoms with Crippen LogP contribution in [0.1, 0.15) is 41.0 Å². The van der Waals surface area contributed by atoms with Gasteiger partial charge in [0.25, 0.3) is 0 Å². The molecule has 0 aliphatic carbocycles. The maximum absolute atomic E-state index is 10.8. The van der Waals surface area contributed by atoms with Crippen LogP contribution < -0.4 is 0 Å². The molecule has 0 atom stereocenters. The van der Waals surface area contributed by atoms with Crippen molar-refractivity contribution in [3.05, 3.63) is 11.6 Å². The lowest BCUT2D eigenvalue weighted by Gasteiger charge is -2.15. The highest BCUT2D eigenvalue weighted by atomic mass is 16.1. The molecule has 0 spiro atoms. The number of Topliss-reactive ketones (excluding diaryl/α,β-unsaturated/α-hetero) is 1. The Morgan fingerprint density at radius 1 is 1.27 bits per heavy atom. The summed E-state index contributed by atoms with van der Waals surface area (Å²) >= 11 is 0. The van der Waals surface area contributed by atoms with Crippen molar-refractivity contribution in [2.45, 2.75) is 41.0 Å². The van der Waals surface area contributed by atoms with Crippen molar-refractivity contribution in [1.82, 2.24) is 0 Å². The molecule has 0 N–H and O–H groups in total. The summed E-state index contributed by atoms with van der Waals surface area (Å²) in [6, 6.07) is 0. The molecule has 0 aromatic heterocycles. The molecule has 0 rings (SSSR count). The summed E-state index contributed by atoms with van der Waals surface area (Å²) in [5.41, 5.74) is 1.16. The van der Waals surface area contributed by atoms with Gasteiger partial charge >= 0.3 is 0 Å². The summed E-state index contributed by atoms with van der Waals surface area (Å²) in [6.45, 7) is 9.97. The van der Waals surface area contributed by atoms with E-state index >= 15 is 0 Å². The molecule has 1 nitrogen and oxygen atoms in total. The molecule has 0 aliphatic rings. The Hall–Kier alpha value is -0.590. The highest BCUT2D eigenvalue weighted by molar-refractivity contribution is 5.92. The van der Waals surface area contributed by atoms with Crippen molar-refractivity contribution in [1.29, 1.82) is 0 Å². The molecule has 0 heterocycles. The van der Waals surface area contributed by atoms with Gasteiger partial charge in [-0.1, -0.05) is 26.8 Å².